The van der Waals surface area contributed by atoms with Crippen LogP contribution in [-0.2, 0) is 14.8 Å². The summed E-state index contributed by atoms with van der Waals surface area (Å²) in [4.78, 5) is 0. The van der Waals surface area contributed by atoms with E-state index < -0.39 is 31.7 Å². The standard InChI is InChI=1S/C18H15FN8O2S/c19-18(13-11-12-13,16-20-22-24-26(16)14-7-3-1-4-8-14)30(28,29)17-21-23-25-27(17)15-9-5-2-6-10-15/h1-10,13H,11-12H2. The van der Waals surface area contributed by atoms with Gasteiger partial charge in [0.05, 0.1) is 11.4 Å². The van der Waals surface area contributed by atoms with Gasteiger partial charge in [0, 0.05) is 5.92 Å². The van der Waals surface area contributed by atoms with Gasteiger partial charge in [-0.1, -0.05) is 41.5 Å². The van der Waals surface area contributed by atoms with Gasteiger partial charge in [-0.3, -0.25) is 0 Å². The van der Waals surface area contributed by atoms with Crippen LogP contribution in [0.1, 0.15) is 18.7 Å². The number of tetrazole rings is 2. The second-order valence-electron chi connectivity index (χ2n) is 6.88. The fraction of sp³-hybridized carbons (Fsp3) is 0.222. The lowest BCUT2D eigenvalue weighted by molar-refractivity contribution is 0.216. The van der Waals surface area contributed by atoms with E-state index in [1.807, 2.05) is 0 Å². The fourth-order valence-electron chi connectivity index (χ4n) is 3.33. The molecule has 0 amide bonds. The molecule has 1 saturated carbocycles. The second-order valence-corrected chi connectivity index (χ2v) is 8.85. The molecular weight excluding hydrogens is 411 g/mol. The van der Waals surface area contributed by atoms with Crippen molar-refractivity contribution in [3.05, 3.63) is 66.5 Å². The van der Waals surface area contributed by atoms with E-state index in [1.165, 1.54) is 0 Å². The van der Waals surface area contributed by atoms with Crippen molar-refractivity contribution in [2.24, 2.45) is 5.92 Å². The van der Waals surface area contributed by atoms with Crippen LogP contribution in [0.2, 0.25) is 0 Å². The van der Waals surface area contributed by atoms with E-state index in [0.29, 0.717) is 24.2 Å². The summed E-state index contributed by atoms with van der Waals surface area (Å²) >= 11 is 0. The molecule has 4 aromatic rings. The number of para-hydroxylation sites is 2. The van der Waals surface area contributed by atoms with Gasteiger partial charge in [0.2, 0.25) is 5.82 Å². The molecule has 30 heavy (non-hydrogen) atoms. The van der Waals surface area contributed by atoms with Crippen molar-refractivity contribution in [3.8, 4) is 11.4 Å². The maximum atomic E-state index is 16.7. The van der Waals surface area contributed by atoms with E-state index in [-0.39, 0.29) is 0 Å². The molecule has 1 aliphatic carbocycles. The first-order chi connectivity index (χ1) is 14.5. The third-order valence-corrected chi connectivity index (χ3v) is 6.98. The average Bonchev–Trinajstić information content (AvgIpc) is 3.30. The van der Waals surface area contributed by atoms with Crippen molar-refractivity contribution in [1.29, 1.82) is 0 Å². The Hall–Kier alpha value is -3.54. The first-order valence-electron chi connectivity index (χ1n) is 9.15. The highest BCUT2D eigenvalue weighted by Gasteiger charge is 2.63. The molecule has 0 aliphatic heterocycles. The van der Waals surface area contributed by atoms with Crippen molar-refractivity contribution in [2.75, 3.05) is 0 Å². The Kier molecular flexibility index (Phi) is 4.17. The third-order valence-electron chi connectivity index (χ3n) is 4.95. The molecule has 1 unspecified atom stereocenters. The van der Waals surface area contributed by atoms with Crippen LogP contribution in [0.25, 0.3) is 11.4 Å². The van der Waals surface area contributed by atoms with Crippen molar-refractivity contribution in [3.63, 3.8) is 0 Å². The molecular formula is C18H15FN8O2S. The Labute approximate surface area is 170 Å². The van der Waals surface area contributed by atoms with Crippen LogP contribution in [-0.4, -0.2) is 48.8 Å². The smallest absolute Gasteiger partial charge is 0.217 e. The fourth-order valence-corrected chi connectivity index (χ4v) is 5.15. The van der Waals surface area contributed by atoms with E-state index in [1.54, 1.807) is 60.7 Å². The molecule has 2 aromatic heterocycles. The molecule has 2 aromatic carbocycles. The quantitative estimate of drug-likeness (QED) is 0.456. The summed E-state index contributed by atoms with van der Waals surface area (Å²) in [6.45, 7) is 0. The maximum absolute atomic E-state index is 16.7. The molecule has 1 atom stereocenters. The molecule has 152 valence electrons. The van der Waals surface area contributed by atoms with Crippen LogP contribution in [0.4, 0.5) is 4.39 Å². The number of benzene rings is 2. The number of rotatable bonds is 6. The largest absolute Gasteiger partial charge is 0.281 e. The maximum Gasteiger partial charge on any atom is 0.281 e. The van der Waals surface area contributed by atoms with Gasteiger partial charge in [-0.2, -0.15) is 9.36 Å². The number of hydrogen-bond acceptors (Lipinski definition) is 8. The van der Waals surface area contributed by atoms with E-state index >= 15 is 4.39 Å². The number of hydrogen-bond donors (Lipinski definition) is 0. The number of sulfone groups is 1. The second kappa shape index (κ2) is 6.76. The zero-order valence-electron chi connectivity index (χ0n) is 15.4. The Morgan fingerprint density at radius 3 is 1.97 bits per heavy atom. The number of halogens is 1. The van der Waals surface area contributed by atoms with Crippen LogP contribution in [0.3, 0.4) is 0 Å². The lowest BCUT2D eigenvalue weighted by Crippen LogP contribution is -2.38. The summed E-state index contributed by atoms with van der Waals surface area (Å²) in [6.07, 6.45) is 0.758. The van der Waals surface area contributed by atoms with Crippen LogP contribution < -0.4 is 0 Å². The van der Waals surface area contributed by atoms with Crippen LogP contribution in [0.15, 0.2) is 65.8 Å². The Morgan fingerprint density at radius 1 is 0.833 bits per heavy atom. The van der Waals surface area contributed by atoms with Crippen LogP contribution in [0, 0.1) is 5.92 Å². The molecule has 10 nitrogen and oxygen atoms in total. The number of alkyl halides is 1. The number of nitrogens with zero attached hydrogens (tertiary/aromatic N) is 8. The van der Waals surface area contributed by atoms with Gasteiger partial charge >= 0.3 is 0 Å². The minimum atomic E-state index is -4.73. The molecule has 0 saturated heterocycles. The summed E-state index contributed by atoms with van der Waals surface area (Å²) in [6, 6.07) is 17.0. The Bertz CT molecular complexity index is 1290. The average molecular weight is 426 g/mol. The Balaban J connectivity index is 1.69. The van der Waals surface area contributed by atoms with E-state index in [2.05, 4.69) is 31.1 Å². The molecule has 5 rings (SSSR count). The number of aromatic nitrogens is 8. The van der Waals surface area contributed by atoms with Gasteiger partial charge in [-0.25, -0.2) is 12.8 Å². The van der Waals surface area contributed by atoms with Gasteiger partial charge in [-0.05, 0) is 58.0 Å². The van der Waals surface area contributed by atoms with Crippen molar-refractivity contribution in [2.45, 2.75) is 23.0 Å². The summed E-state index contributed by atoms with van der Waals surface area (Å²) in [5.74, 6) is -1.23. The van der Waals surface area contributed by atoms with E-state index in [4.69, 9.17) is 0 Å². The highest BCUT2D eigenvalue weighted by Crippen LogP contribution is 2.53. The van der Waals surface area contributed by atoms with Gasteiger partial charge < -0.3 is 0 Å². The highest BCUT2D eigenvalue weighted by molar-refractivity contribution is 7.92. The lowest BCUT2D eigenvalue weighted by Gasteiger charge is -2.23. The van der Waals surface area contributed by atoms with E-state index in [0.717, 1.165) is 9.36 Å². The molecule has 0 N–H and O–H groups in total. The summed E-state index contributed by atoms with van der Waals surface area (Å²) in [5, 5.41) is 18.5. The van der Waals surface area contributed by atoms with Crippen LogP contribution in [0.5, 0.6) is 0 Å². The molecule has 12 heteroatoms. The minimum Gasteiger partial charge on any atom is -0.217 e. The molecule has 0 spiro atoms. The summed E-state index contributed by atoms with van der Waals surface area (Å²) in [7, 11) is -4.73. The monoisotopic (exact) mass is 426 g/mol. The van der Waals surface area contributed by atoms with Crippen molar-refractivity contribution < 1.29 is 12.8 Å². The first-order valence-corrected chi connectivity index (χ1v) is 10.6. The first kappa shape index (κ1) is 18.5. The van der Waals surface area contributed by atoms with Gasteiger partial charge in [0.1, 0.15) is 0 Å². The zero-order valence-corrected chi connectivity index (χ0v) is 16.3. The van der Waals surface area contributed by atoms with Gasteiger partial charge in [0.15, 0.2) is 0 Å². The summed E-state index contributed by atoms with van der Waals surface area (Å²) in [5.41, 5.74) is 0.833. The van der Waals surface area contributed by atoms with Crippen molar-refractivity contribution in [1.82, 2.24) is 40.4 Å². The topological polar surface area (TPSA) is 121 Å². The molecule has 0 radical (unpaired) electrons. The van der Waals surface area contributed by atoms with Gasteiger partial charge in [0.25, 0.3) is 20.0 Å². The Morgan fingerprint density at radius 2 is 1.37 bits per heavy atom. The normalized spacial score (nSPS) is 16.3. The third kappa shape index (κ3) is 2.71. The SMILES string of the molecule is O=S(=O)(c1nnnn1-c1ccccc1)C(F)(c1nnnn1-c1ccccc1)C1CC1. The molecule has 1 fully saturated rings. The van der Waals surface area contributed by atoms with E-state index in [9.17, 15) is 8.42 Å². The lowest BCUT2D eigenvalue weighted by atomic mass is 10.2. The van der Waals surface area contributed by atoms with Gasteiger partial charge in [-0.15, -0.1) is 5.10 Å². The summed E-state index contributed by atoms with van der Waals surface area (Å²) < 4.78 is 46.0. The minimum absolute atomic E-state index is 0.379. The molecule has 0 bridgehead atoms. The predicted octanol–water partition coefficient (Wildman–Crippen LogP) is 1.64. The molecule has 1 aliphatic rings. The van der Waals surface area contributed by atoms with Crippen molar-refractivity contribution >= 4 is 9.84 Å². The predicted molar refractivity (Wildman–Crippen MR) is 101 cm³/mol. The highest BCUT2D eigenvalue weighted by atomic mass is 32.2. The molecule has 2 heterocycles. The van der Waals surface area contributed by atoms with Crippen LogP contribution >= 0.6 is 0 Å². The zero-order chi connectivity index (χ0) is 20.8.